The molecule has 1 aliphatic heterocycles. The van der Waals surface area contributed by atoms with Crippen molar-refractivity contribution < 1.29 is 19.2 Å². The number of nitro groups is 1. The number of carbonyl (C=O) groups excluding carboxylic acids is 1. The van der Waals surface area contributed by atoms with Crippen molar-refractivity contribution in [3.8, 4) is 5.75 Å². The predicted octanol–water partition coefficient (Wildman–Crippen LogP) is 0.920. The van der Waals surface area contributed by atoms with Crippen molar-refractivity contribution in [1.29, 1.82) is 0 Å². The van der Waals surface area contributed by atoms with Gasteiger partial charge in [-0.2, -0.15) is 0 Å². The van der Waals surface area contributed by atoms with Crippen molar-refractivity contribution in [1.82, 2.24) is 5.32 Å². The van der Waals surface area contributed by atoms with E-state index in [1.807, 2.05) is 6.92 Å². The lowest BCUT2D eigenvalue weighted by Gasteiger charge is -2.38. The van der Waals surface area contributed by atoms with Gasteiger partial charge >= 0.3 is 0 Å². The van der Waals surface area contributed by atoms with Crippen molar-refractivity contribution in [2.75, 3.05) is 32.1 Å². The number of amides is 1. The number of rotatable bonds is 6. The van der Waals surface area contributed by atoms with Crippen molar-refractivity contribution in [3.63, 3.8) is 0 Å². The Kier molecular flexibility index (Phi) is 4.39. The van der Waals surface area contributed by atoms with Crippen LogP contribution in [0.1, 0.15) is 6.92 Å². The molecule has 0 atom stereocenters. The van der Waals surface area contributed by atoms with E-state index >= 15 is 0 Å². The fourth-order valence-corrected chi connectivity index (χ4v) is 1.90. The third kappa shape index (κ3) is 3.67. The number of nitrogens with zero attached hydrogens (tertiary/aromatic N) is 1. The third-order valence-corrected chi connectivity index (χ3v) is 3.22. The highest BCUT2D eigenvalue weighted by Gasteiger charge is 2.33. The van der Waals surface area contributed by atoms with Gasteiger partial charge in [-0.1, -0.05) is 0 Å². The molecular formula is C13H17N3O5. The van der Waals surface area contributed by atoms with Crippen LogP contribution in [0.5, 0.6) is 5.75 Å². The smallest absolute Gasteiger partial charge is 0.273 e. The second-order valence-electron chi connectivity index (χ2n) is 5.03. The number of nitro benzene ring substituents is 1. The molecule has 8 nitrogen and oxygen atoms in total. The summed E-state index contributed by atoms with van der Waals surface area (Å²) in [5, 5.41) is 16.4. The van der Waals surface area contributed by atoms with Crippen molar-refractivity contribution in [2.45, 2.75) is 12.5 Å². The van der Waals surface area contributed by atoms with E-state index in [0.29, 0.717) is 18.8 Å². The van der Waals surface area contributed by atoms with Crippen molar-refractivity contribution in [3.05, 3.63) is 28.3 Å². The number of carbonyl (C=O) groups is 1. The fourth-order valence-electron chi connectivity index (χ4n) is 1.90. The van der Waals surface area contributed by atoms with Gasteiger partial charge in [-0.05, 0) is 13.0 Å². The summed E-state index contributed by atoms with van der Waals surface area (Å²) in [5.41, 5.74) is -0.0422. The molecular weight excluding hydrogens is 278 g/mol. The van der Waals surface area contributed by atoms with E-state index in [1.165, 1.54) is 25.3 Å². The lowest BCUT2D eigenvalue weighted by Crippen LogP contribution is -2.59. The molecule has 2 N–H and O–H groups in total. The fraction of sp³-hybridized carbons (Fsp3) is 0.462. The SMILES string of the molecule is COc1cc([N+](=O)[O-])ccc1NC(=O)COC1(C)CNC1. The monoisotopic (exact) mass is 295 g/mol. The van der Waals surface area contributed by atoms with Crippen molar-refractivity contribution in [2.24, 2.45) is 0 Å². The highest BCUT2D eigenvalue weighted by atomic mass is 16.6. The summed E-state index contributed by atoms with van der Waals surface area (Å²) in [6.45, 7) is 3.25. The van der Waals surface area contributed by atoms with E-state index in [-0.39, 0.29) is 29.6 Å². The zero-order valence-corrected chi connectivity index (χ0v) is 11.8. The normalized spacial score (nSPS) is 15.9. The topological polar surface area (TPSA) is 103 Å². The van der Waals surface area contributed by atoms with Crippen LogP contribution in [0.4, 0.5) is 11.4 Å². The van der Waals surface area contributed by atoms with Crippen LogP contribution in [0, 0.1) is 10.1 Å². The van der Waals surface area contributed by atoms with Crippen LogP contribution in [0.25, 0.3) is 0 Å². The first-order chi connectivity index (χ1) is 9.93. The minimum atomic E-state index is -0.526. The molecule has 1 aliphatic rings. The first kappa shape index (κ1) is 15.2. The van der Waals surface area contributed by atoms with Crippen LogP contribution in [0.2, 0.25) is 0 Å². The van der Waals surface area contributed by atoms with Crippen LogP contribution in [-0.4, -0.2) is 43.2 Å². The molecule has 0 saturated carbocycles. The molecule has 0 spiro atoms. The minimum Gasteiger partial charge on any atom is -0.494 e. The molecule has 2 rings (SSSR count). The Morgan fingerprint density at radius 1 is 1.52 bits per heavy atom. The minimum absolute atomic E-state index is 0.0850. The van der Waals surface area contributed by atoms with Gasteiger partial charge in [0.1, 0.15) is 12.4 Å². The third-order valence-electron chi connectivity index (χ3n) is 3.22. The molecule has 0 aromatic heterocycles. The molecule has 0 bridgehead atoms. The molecule has 114 valence electrons. The van der Waals surface area contributed by atoms with Gasteiger partial charge in [0.25, 0.3) is 11.6 Å². The lowest BCUT2D eigenvalue weighted by molar-refractivity contribution is -0.384. The van der Waals surface area contributed by atoms with E-state index in [2.05, 4.69) is 10.6 Å². The Morgan fingerprint density at radius 2 is 2.24 bits per heavy atom. The predicted molar refractivity (Wildman–Crippen MR) is 75.5 cm³/mol. The van der Waals surface area contributed by atoms with Crippen molar-refractivity contribution >= 4 is 17.3 Å². The molecule has 1 heterocycles. The largest absolute Gasteiger partial charge is 0.494 e. The zero-order valence-electron chi connectivity index (χ0n) is 11.8. The summed E-state index contributed by atoms with van der Waals surface area (Å²) in [6.07, 6.45) is 0. The molecule has 0 radical (unpaired) electrons. The Bertz CT molecular complexity index is 557. The quantitative estimate of drug-likeness (QED) is 0.597. The van der Waals surface area contributed by atoms with Crippen LogP contribution in [-0.2, 0) is 9.53 Å². The number of non-ortho nitro benzene ring substituents is 1. The molecule has 21 heavy (non-hydrogen) atoms. The zero-order chi connectivity index (χ0) is 15.5. The van der Waals surface area contributed by atoms with Gasteiger partial charge < -0.3 is 20.1 Å². The van der Waals surface area contributed by atoms with Gasteiger partial charge in [0.15, 0.2) is 0 Å². The second kappa shape index (κ2) is 6.06. The highest BCUT2D eigenvalue weighted by Crippen LogP contribution is 2.29. The first-order valence-corrected chi connectivity index (χ1v) is 6.40. The second-order valence-corrected chi connectivity index (χ2v) is 5.03. The van der Waals surface area contributed by atoms with E-state index in [0.717, 1.165) is 0 Å². The number of nitrogens with one attached hydrogen (secondary N) is 2. The highest BCUT2D eigenvalue weighted by molar-refractivity contribution is 5.93. The Hall–Kier alpha value is -2.19. The van der Waals surface area contributed by atoms with Gasteiger partial charge in [0, 0.05) is 19.2 Å². The summed E-state index contributed by atoms with van der Waals surface area (Å²) in [4.78, 5) is 22.0. The average molecular weight is 295 g/mol. The van der Waals surface area contributed by atoms with E-state index in [9.17, 15) is 14.9 Å². The maximum absolute atomic E-state index is 11.8. The number of hydrogen-bond acceptors (Lipinski definition) is 6. The number of methoxy groups -OCH3 is 1. The van der Waals surface area contributed by atoms with E-state index in [1.54, 1.807) is 0 Å². The van der Waals surface area contributed by atoms with Crippen LogP contribution in [0.15, 0.2) is 18.2 Å². The molecule has 0 unspecified atom stereocenters. The molecule has 1 aromatic carbocycles. The number of anilines is 1. The van der Waals surface area contributed by atoms with Crippen LogP contribution >= 0.6 is 0 Å². The van der Waals surface area contributed by atoms with Gasteiger partial charge in [-0.15, -0.1) is 0 Å². The molecule has 1 aromatic rings. The first-order valence-electron chi connectivity index (χ1n) is 6.40. The maximum Gasteiger partial charge on any atom is 0.273 e. The molecule has 0 aliphatic carbocycles. The van der Waals surface area contributed by atoms with E-state index < -0.39 is 4.92 Å². The molecule has 8 heteroatoms. The number of hydrogen-bond donors (Lipinski definition) is 2. The Balaban J connectivity index is 1.98. The Morgan fingerprint density at radius 3 is 2.76 bits per heavy atom. The number of ether oxygens (including phenoxy) is 2. The van der Waals surface area contributed by atoms with Gasteiger partial charge in [0.05, 0.1) is 29.4 Å². The lowest BCUT2D eigenvalue weighted by atomic mass is 10.0. The van der Waals surface area contributed by atoms with Crippen LogP contribution < -0.4 is 15.4 Å². The Labute approximate surface area is 121 Å². The van der Waals surface area contributed by atoms with E-state index in [4.69, 9.17) is 9.47 Å². The molecule has 1 fully saturated rings. The molecule has 1 saturated heterocycles. The van der Waals surface area contributed by atoms with Crippen LogP contribution in [0.3, 0.4) is 0 Å². The average Bonchev–Trinajstić information content (AvgIpc) is 2.43. The number of benzene rings is 1. The maximum atomic E-state index is 11.8. The standard InChI is InChI=1S/C13H17N3O5/c1-13(7-14-8-13)21-6-12(17)15-10-4-3-9(16(18)19)5-11(10)20-2/h3-5,14H,6-8H2,1-2H3,(H,15,17). The summed E-state index contributed by atoms with van der Waals surface area (Å²) in [7, 11) is 1.38. The van der Waals surface area contributed by atoms with Gasteiger partial charge in [-0.3, -0.25) is 14.9 Å². The summed E-state index contributed by atoms with van der Waals surface area (Å²) >= 11 is 0. The van der Waals surface area contributed by atoms with Gasteiger partial charge in [-0.25, -0.2) is 0 Å². The summed E-state index contributed by atoms with van der Waals surface area (Å²) in [5.74, 6) is -0.107. The molecule has 1 amide bonds. The van der Waals surface area contributed by atoms with Gasteiger partial charge in [0.2, 0.25) is 0 Å². The summed E-state index contributed by atoms with van der Waals surface area (Å²) < 4.78 is 10.6. The summed E-state index contributed by atoms with van der Waals surface area (Å²) in [6, 6.07) is 3.99.